The van der Waals surface area contributed by atoms with E-state index < -0.39 is 10.0 Å². The van der Waals surface area contributed by atoms with Gasteiger partial charge in [0.05, 0.1) is 19.3 Å². The van der Waals surface area contributed by atoms with E-state index in [0.29, 0.717) is 11.5 Å². The van der Waals surface area contributed by atoms with E-state index in [1.807, 2.05) is 0 Å². The molecule has 0 amide bonds. The third-order valence-corrected chi connectivity index (χ3v) is 5.23. The van der Waals surface area contributed by atoms with Gasteiger partial charge in [0.15, 0.2) is 0 Å². The number of rotatable bonds is 8. The van der Waals surface area contributed by atoms with Gasteiger partial charge in [0.1, 0.15) is 4.21 Å². The minimum atomic E-state index is -3.55. The molecule has 2 N–H and O–H groups in total. The van der Waals surface area contributed by atoms with E-state index >= 15 is 0 Å². The number of aliphatic hydroxyl groups excluding tert-OH is 1. The molecule has 0 aliphatic rings. The first-order chi connectivity index (χ1) is 8.53. The van der Waals surface area contributed by atoms with E-state index in [0.717, 1.165) is 11.3 Å². The molecule has 0 aliphatic heterocycles. The monoisotopic (exact) mass is 295 g/mol. The quantitative estimate of drug-likeness (QED) is 0.714. The van der Waals surface area contributed by atoms with Crippen molar-refractivity contribution in [3.8, 4) is 0 Å². The van der Waals surface area contributed by atoms with E-state index in [2.05, 4.69) is 4.72 Å². The average molecular weight is 295 g/mol. The Morgan fingerprint density at radius 3 is 2.67 bits per heavy atom. The molecule has 104 valence electrons. The highest BCUT2D eigenvalue weighted by molar-refractivity contribution is 7.91. The molecule has 0 spiro atoms. The summed E-state index contributed by atoms with van der Waals surface area (Å²) in [6, 6.07) is 3.05. The molecule has 1 aromatic heterocycles. The van der Waals surface area contributed by atoms with Gasteiger partial charge in [-0.2, -0.15) is 0 Å². The largest absolute Gasteiger partial charge is 0.391 e. The average Bonchev–Trinajstić information content (AvgIpc) is 2.84. The fourth-order valence-electron chi connectivity index (χ4n) is 1.26. The van der Waals surface area contributed by atoms with Crippen LogP contribution in [-0.4, -0.2) is 47.0 Å². The molecule has 0 saturated carbocycles. The zero-order valence-corrected chi connectivity index (χ0v) is 11.9. The van der Waals surface area contributed by atoms with Crippen LogP contribution in [0.15, 0.2) is 16.3 Å². The molecule has 0 radical (unpaired) electrons. The molecular weight excluding hydrogens is 278 g/mol. The number of hydrogen-bond acceptors (Lipinski definition) is 6. The molecule has 0 aliphatic carbocycles. The third kappa shape index (κ3) is 4.30. The highest BCUT2D eigenvalue weighted by Gasteiger charge is 2.18. The number of thiophene rings is 1. The van der Waals surface area contributed by atoms with Gasteiger partial charge in [-0.3, -0.25) is 0 Å². The van der Waals surface area contributed by atoms with Crippen molar-refractivity contribution >= 4 is 21.4 Å². The predicted octanol–water partition coefficient (Wildman–Crippen LogP) is 0.180. The summed E-state index contributed by atoms with van der Waals surface area (Å²) < 4.78 is 36.4. The highest BCUT2D eigenvalue weighted by Crippen LogP contribution is 2.21. The van der Waals surface area contributed by atoms with E-state index in [-0.39, 0.29) is 23.5 Å². The van der Waals surface area contributed by atoms with Crippen LogP contribution < -0.4 is 4.72 Å². The molecule has 0 aromatic carbocycles. The van der Waals surface area contributed by atoms with Crippen LogP contribution in [0.2, 0.25) is 0 Å². The molecule has 0 bridgehead atoms. The maximum atomic E-state index is 11.9. The summed E-state index contributed by atoms with van der Waals surface area (Å²) in [6.07, 6.45) is -0.331. The van der Waals surface area contributed by atoms with E-state index in [4.69, 9.17) is 14.6 Å². The van der Waals surface area contributed by atoms with Crippen LogP contribution in [0.4, 0.5) is 0 Å². The maximum absolute atomic E-state index is 11.9. The highest BCUT2D eigenvalue weighted by atomic mass is 32.2. The van der Waals surface area contributed by atoms with Gasteiger partial charge in [0.2, 0.25) is 10.0 Å². The molecule has 8 heteroatoms. The Bertz CT molecular complexity index is 457. The Kier molecular flexibility index (Phi) is 6.19. The predicted molar refractivity (Wildman–Crippen MR) is 68.1 cm³/mol. The zero-order chi connectivity index (χ0) is 13.6. The summed E-state index contributed by atoms with van der Waals surface area (Å²) in [7, 11) is -0.537. The van der Waals surface area contributed by atoms with E-state index in [9.17, 15) is 8.42 Å². The fraction of sp³-hybridized carbons (Fsp3) is 0.600. The van der Waals surface area contributed by atoms with Crippen molar-refractivity contribution in [2.45, 2.75) is 16.9 Å². The topological polar surface area (TPSA) is 84.9 Å². The summed E-state index contributed by atoms with van der Waals surface area (Å²) >= 11 is 1.04. The number of sulfonamides is 1. The van der Waals surface area contributed by atoms with Crippen LogP contribution in [0.5, 0.6) is 0 Å². The summed E-state index contributed by atoms with van der Waals surface area (Å²) in [4.78, 5) is 0.607. The van der Waals surface area contributed by atoms with Crippen molar-refractivity contribution in [2.24, 2.45) is 0 Å². The molecule has 0 saturated heterocycles. The van der Waals surface area contributed by atoms with Gasteiger partial charge in [0, 0.05) is 25.6 Å². The first kappa shape index (κ1) is 15.5. The molecule has 18 heavy (non-hydrogen) atoms. The SMILES string of the molecule is COCC(CNS(=O)(=O)c1ccc(CO)s1)OC. The summed E-state index contributed by atoms with van der Waals surface area (Å²) in [6.45, 7) is 0.287. The van der Waals surface area contributed by atoms with Gasteiger partial charge < -0.3 is 14.6 Å². The van der Waals surface area contributed by atoms with Crippen LogP contribution in [-0.2, 0) is 26.1 Å². The lowest BCUT2D eigenvalue weighted by molar-refractivity contribution is 0.0320. The van der Waals surface area contributed by atoms with Crippen molar-refractivity contribution in [1.29, 1.82) is 0 Å². The molecule has 6 nitrogen and oxygen atoms in total. The van der Waals surface area contributed by atoms with Crippen molar-refractivity contribution in [1.82, 2.24) is 4.72 Å². The van der Waals surface area contributed by atoms with Crippen molar-refractivity contribution in [3.63, 3.8) is 0 Å². The molecule has 1 rings (SSSR count). The van der Waals surface area contributed by atoms with Crippen LogP contribution in [0, 0.1) is 0 Å². The number of ether oxygens (including phenoxy) is 2. The van der Waals surface area contributed by atoms with Crippen LogP contribution in [0.25, 0.3) is 0 Å². The second-order valence-corrected chi connectivity index (χ2v) is 6.71. The maximum Gasteiger partial charge on any atom is 0.250 e. The van der Waals surface area contributed by atoms with E-state index in [1.165, 1.54) is 20.3 Å². The van der Waals surface area contributed by atoms with Gasteiger partial charge >= 0.3 is 0 Å². The number of aliphatic hydroxyl groups is 1. The Labute approximate surface area is 111 Å². The van der Waals surface area contributed by atoms with Gasteiger partial charge in [0.25, 0.3) is 0 Å². The Morgan fingerprint density at radius 2 is 2.17 bits per heavy atom. The molecule has 1 heterocycles. The zero-order valence-electron chi connectivity index (χ0n) is 10.3. The summed E-state index contributed by atoms with van der Waals surface area (Å²) in [5, 5.41) is 8.90. The lowest BCUT2D eigenvalue weighted by atomic mass is 10.4. The van der Waals surface area contributed by atoms with Crippen molar-refractivity contribution in [2.75, 3.05) is 27.4 Å². The lowest BCUT2D eigenvalue weighted by Gasteiger charge is -2.14. The van der Waals surface area contributed by atoms with Gasteiger partial charge in [-0.25, -0.2) is 13.1 Å². The van der Waals surface area contributed by atoms with Crippen LogP contribution in [0.1, 0.15) is 4.88 Å². The molecule has 1 unspecified atom stereocenters. The lowest BCUT2D eigenvalue weighted by Crippen LogP contribution is -2.35. The van der Waals surface area contributed by atoms with Crippen molar-refractivity contribution in [3.05, 3.63) is 17.0 Å². The second kappa shape index (κ2) is 7.17. The molecule has 1 atom stereocenters. The smallest absolute Gasteiger partial charge is 0.250 e. The van der Waals surface area contributed by atoms with Crippen LogP contribution in [0.3, 0.4) is 0 Å². The van der Waals surface area contributed by atoms with Gasteiger partial charge in [-0.05, 0) is 12.1 Å². The normalized spacial score (nSPS) is 13.7. The molecule has 1 aromatic rings. The standard InChI is InChI=1S/C10H17NO5S2/c1-15-7-8(16-2)5-11-18(13,14)10-4-3-9(6-12)17-10/h3-4,8,11-12H,5-7H2,1-2H3. The number of methoxy groups -OCH3 is 2. The van der Waals surface area contributed by atoms with Crippen molar-refractivity contribution < 1.29 is 23.0 Å². The van der Waals surface area contributed by atoms with Crippen LogP contribution >= 0.6 is 11.3 Å². The first-order valence-electron chi connectivity index (χ1n) is 5.24. The number of hydrogen-bond donors (Lipinski definition) is 2. The van der Waals surface area contributed by atoms with E-state index in [1.54, 1.807) is 6.07 Å². The second-order valence-electron chi connectivity index (χ2n) is 3.54. The summed E-state index contributed by atoms with van der Waals surface area (Å²) in [5.41, 5.74) is 0. The first-order valence-corrected chi connectivity index (χ1v) is 7.54. The van der Waals surface area contributed by atoms with Gasteiger partial charge in [-0.15, -0.1) is 11.3 Å². The minimum absolute atomic E-state index is 0.138. The third-order valence-electron chi connectivity index (χ3n) is 2.24. The molecule has 0 fully saturated rings. The van der Waals surface area contributed by atoms with Gasteiger partial charge in [-0.1, -0.05) is 0 Å². The Hall–Kier alpha value is -0.510. The minimum Gasteiger partial charge on any atom is -0.391 e. The number of nitrogens with one attached hydrogen (secondary N) is 1. The summed E-state index contributed by atoms with van der Waals surface area (Å²) in [5.74, 6) is 0. The Balaban J connectivity index is 2.64. The Morgan fingerprint density at radius 1 is 1.44 bits per heavy atom. The fourth-order valence-corrected chi connectivity index (χ4v) is 3.58. The molecular formula is C10H17NO5S2.